The number of aromatic nitrogens is 6. The number of tetrazole rings is 1. The van der Waals surface area contributed by atoms with Gasteiger partial charge in [-0.1, -0.05) is 11.6 Å². The van der Waals surface area contributed by atoms with Crippen LogP contribution in [0.15, 0.2) is 36.7 Å². The summed E-state index contributed by atoms with van der Waals surface area (Å²) in [7, 11) is 0. The Kier molecular flexibility index (Phi) is 4.89. The zero-order chi connectivity index (χ0) is 18.7. The van der Waals surface area contributed by atoms with Crippen LogP contribution in [0.4, 0.5) is 18.9 Å². The van der Waals surface area contributed by atoms with Gasteiger partial charge in [-0.2, -0.15) is 23.1 Å². The molecule has 1 aromatic carbocycles. The number of nitrogens with one attached hydrogen (secondary N) is 1. The van der Waals surface area contributed by atoms with Crippen molar-refractivity contribution in [3.05, 3.63) is 41.7 Å². The van der Waals surface area contributed by atoms with Crippen molar-refractivity contribution in [2.24, 2.45) is 0 Å². The van der Waals surface area contributed by atoms with E-state index in [2.05, 4.69) is 25.8 Å². The summed E-state index contributed by atoms with van der Waals surface area (Å²) >= 11 is 5.80. The average molecular weight is 386 g/mol. The minimum Gasteiger partial charge on any atom is -0.322 e. The van der Waals surface area contributed by atoms with Crippen molar-refractivity contribution in [1.82, 2.24) is 30.0 Å². The fourth-order valence-corrected chi connectivity index (χ4v) is 2.18. The van der Waals surface area contributed by atoms with Crippen molar-refractivity contribution in [3.8, 4) is 11.4 Å². The Morgan fingerprint density at radius 1 is 1.23 bits per heavy atom. The first-order valence-electron chi connectivity index (χ1n) is 7.21. The highest BCUT2D eigenvalue weighted by atomic mass is 35.5. The van der Waals surface area contributed by atoms with Gasteiger partial charge >= 0.3 is 6.18 Å². The van der Waals surface area contributed by atoms with Gasteiger partial charge in [-0.15, -0.1) is 10.2 Å². The van der Waals surface area contributed by atoms with E-state index in [9.17, 15) is 18.0 Å². The van der Waals surface area contributed by atoms with Gasteiger partial charge in [0.05, 0.1) is 11.9 Å². The monoisotopic (exact) mass is 385 g/mol. The van der Waals surface area contributed by atoms with Gasteiger partial charge in [-0.25, -0.2) is 0 Å². The maximum Gasteiger partial charge on any atom is 0.408 e. The number of hydrogen-bond acceptors (Lipinski definition) is 5. The number of halogens is 4. The number of nitrogens with zero attached hydrogens (tertiary/aromatic N) is 6. The lowest BCUT2D eigenvalue weighted by atomic mass is 10.2. The van der Waals surface area contributed by atoms with E-state index in [1.807, 2.05) is 0 Å². The largest absolute Gasteiger partial charge is 0.408 e. The van der Waals surface area contributed by atoms with Crippen molar-refractivity contribution in [1.29, 1.82) is 0 Å². The molecule has 2 heterocycles. The van der Waals surface area contributed by atoms with E-state index in [1.54, 1.807) is 24.3 Å². The normalized spacial score (nSPS) is 11.5. The Hall–Kier alpha value is -2.95. The number of carbonyl (C=O) groups excluding carboxylic acids is 1. The van der Waals surface area contributed by atoms with Crippen LogP contribution < -0.4 is 5.32 Å². The van der Waals surface area contributed by atoms with Crippen molar-refractivity contribution in [2.75, 3.05) is 5.32 Å². The Labute approximate surface area is 149 Å². The second-order valence-electron chi connectivity index (χ2n) is 5.24. The van der Waals surface area contributed by atoms with E-state index < -0.39 is 18.6 Å². The number of hydrogen-bond donors (Lipinski definition) is 1. The Morgan fingerprint density at radius 3 is 2.65 bits per heavy atom. The summed E-state index contributed by atoms with van der Waals surface area (Å²) in [6.45, 7) is -1.50. The van der Waals surface area contributed by atoms with E-state index in [0.717, 1.165) is 17.2 Å². The average Bonchev–Trinajstić information content (AvgIpc) is 3.16. The third kappa shape index (κ3) is 4.79. The van der Waals surface area contributed by atoms with Crippen molar-refractivity contribution >= 4 is 23.2 Å². The maximum absolute atomic E-state index is 12.3. The quantitative estimate of drug-likeness (QED) is 0.728. The van der Waals surface area contributed by atoms with Gasteiger partial charge in [0.25, 0.3) is 0 Å². The molecular formula is C14H11ClF3N7O. The van der Waals surface area contributed by atoms with Crippen LogP contribution in [0.5, 0.6) is 0 Å². The minimum absolute atomic E-state index is 0.136. The summed E-state index contributed by atoms with van der Waals surface area (Å²) < 4.78 is 37.5. The molecule has 0 fully saturated rings. The van der Waals surface area contributed by atoms with Gasteiger partial charge in [0.15, 0.2) is 0 Å². The van der Waals surface area contributed by atoms with Crippen LogP contribution in [0.2, 0.25) is 5.02 Å². The summed E-state index contributed by atoms with van der Waals surface area (Å²) in [5, 5.41) is 18.2. The molecule has 136 valence electrons. The summed E-state index contributed by atoms with van der Waals surface area (Å²) in [6, 6.07) is 6.75. The standard InChI is InChI=1S/C14H11ClF3N7O/c15-10-3-1-9(2-4-10)13-21-23-25(22-13)7-12(26)20-11-5-19-24(6-11)8-14(16,17)18/h1-6H,7-8H2,(H,20,26). The van der Waals surface area contributed by atoms with E-state index >= 15 is 0 Å². The molecule has 26 heavy (non-hydrogen) atoms. The predicted octanol–water partition coefficient (Wildman–Crippen LogP) is 2.39. The third-order valence-electron chi connectivity index (χ3n) is 3.10. The van der Waals surface area contributed by atoms with Crippen LogP contribution in [-0.4, -0.2) is 42.1 Å². The molecule has 3 aromatic rings. The number of alkyl halides is 3. The summed E-state index contributed by atoms with van der Waals surface area (Å²) in [6.07, 6.45) is -2.19. The molecule has 0 aliphatic heterocycles. The molecule has 1 amide bonds. The SMILES string of the molecule is O=C(Cn1nnc(-c2ccc(Cl)cc2)n1)Nc1cnn(CC(F)(F)F)c1. The van der Waals surface area contributed by atoms with Crippen LogP contribution in [0.3, 0.4) is 0 Å². The topological polar surface area (TPSA) is 90.5 Å². The van der Waals surface area contributed by atoms with Crippen LogP contribution in [0.25, 0.3) is 11.4 Å². The van der Waals surface area contributed by atoms with Crippen LogP contribution >= 0.6 is 11.6 Å². The zero-order valence-corrected chi connectivity index (χ0v) is 13.7. The highest BCUT2D eigenvalue weighted by Gasteiger charge is 2.28. The predicted molar refractivity (Wildman–Crippen MR) is 85.2 cm³/mol. The molecule has 0 aliphatic carbocycles. The second-order valence-corrected chi connectivity index (χ2v) is 5.68. The molecule has 2 aromatic heterocycles. The second kappa shape index (κ2) is 7.12. The highest BCUT2D eigenvalue weighted by molar-refractivity contribution is 6.30. The maximum atomic E-state index is 12.3. The van der Waals surface area contributed by atoms with Crippen molar-refractivity contribution < 1.29 is 18.0 Å². The van der Waals surface area contributed by atoms with Gasteiger partial charge in [0, 0.05) is 16.8 Å². The molecule has 0 atom stereocenters. The van der Waals surface area contributed by atoms with Crippen LogP contribution in [0, 0.1) is 0 Å². The summed E-state index contributed by atoms with van der Waals surface area (Å²) in [5.74, 6) is -0.218. The number of anilines is 1. The lowest BCUT2D eigenvalue weighted by molar-refractivity contribution is -0.142. The van der Waals surface area contributed by atoms with Crippen LogP contribution in [-0.2, 0) is 17.9 Å². The van der Waals surface area contributed by atoms with Gasteiger partial charge in [-0.05, 0) is 29.5 Å². The molecular weight excluding hydrogens is 375 g/mol. The number of rotatable bonds is 5. The lowest BCUT2D eigenvalue weighted by Crippen LogP contribution is -2.20. The van der Waals surface area contributed by atoms with Crippen LogP contribution in [0.1, 0.15) is 0 Å². The molecule has 12 heteroatoms. The smallest absolute Gasteiger partial charge is 0.322 e. The zero-order valence-electron chi connectivity index (χ0n) is 13.0. The molecule has 0 saturated carbocycles. The molecule has 0 bridgehead atoms. The molecule has 8 nitrogen and oxygen atoms in total. The van der Waals surface area contributed by atoms with Gasteiger partial charge < -0.3 is 5.32 Å². The van der Waals surface area contributed by atoms with E-state index in [1.165, 1.54) is 0 Å². The fraction of sp³-hybridized carbons (Fsp3) is 0.214. The number of amides is 1. The highest BCUT2D eigenvalue weighted by Crippen LogP contribution is 2.18. The van der Waals surface area contributed by atoms with E-state index in [-0.39, 0.29) is 12.2 Å². The first-order valence-corrected chi connectivity index (χ1v) is 7.59. The minimum atomic E-state index is -4.39. The Balaban J connectivity index is 1.59. The first kappa shape index (κ1) is 17.9. The Bertz CT molecular complexity index is 904. The molecule has 0 radical (unpaired) electrons. The molecule has 0 spiro atoms. The Morgan fingerprint density at radius 2 is 1.96 bits per heavy atom. The first-order chi connectivity index (χ1) is 12.3. The van der Waals surface area contributed by atoms with Crippen molar-refractivity contribution in [2.45, 2.75) is 19.3 Å². The number of benzene rings is 1. The third-order valence-corrected chi connectivity index (χ3v) is 3.35. The molecule has 0 saturated heterocycles. The molecule has 0 unspecified atom stereocenters. The van der Waals surface area contributed by atoms with Gasteiger partial charge in [-0.3, -0.25) is 9.48 Å². The van der Waals surface area contributed by atoms with Gasteiger partial charge in [0.1, 0.15) is 13.1 Å². The molecule has 3 rings (SSSR count). The molecule has 0 aliphatic rings. The number of carbonyl (C=O) groups is 1. The van der Waals surface area contributed by atoms with Gasteiger partial charge in [0.2, 0.25) is 11.7 Å². The van der Waals surface area contributed by atoms with E-state index in [4.69, 9.17) is 11.6 Å². The summed E-state index contributed by atoms with van der Waals surface area (Å²) in [5.41, 5.74) is 0.812. The molecule has 1 N–H and O–H groups in total. The summed E-state index contributed by atoms with van der Waals surface area (Å²) in [4.78, 5) is 13.0. The van der Waals surface area contributed by atoms with E-state index in [0.29, 0.717) is 21.1 Å². The fourth-order valence-electron chi connectivity index (χ4n) is 2.05. The van der Waals surface area contributed by atoms with Crippen molar-refractivity contribution in [3.63, 3.8) is 0 Å². The lowest BCUT2D eigenvalue weighted by Gasteiger charge is -2.05.